The Balaban J connectivity index is 0.00000353. The first kappa shape index (κ1) is 29.3. The maximum absolute atomic E-state index is 3.77. The number of nitrogens with zero attached hydrogens (tertiary/aromatic N) is 1. The van der Waals surface area contributed by atoms with Crippen LogP contribution in [-0.4, -0.2) is 5.01 Å². The van der Waals surface area contributed by atoms with Crippen LogP contribution in [0.5, 0.6) is 0 Å². The van der Waals surface area contributed by atoms with E-state index in [1.165, 1.54) is 87.6 Å². The molecule has 1 atom stereocenters. The van der Waals surface area contributed by atoms with Crippen LogP contribution >= 0.6 is 0 Å². The number of halogens is 1. The second kappa shape index (κ2) is 13.1. The van der Waals surface area contributed by atoms with Crippen molar-refractivity contribution in [2.24, 2.45) is 0 Å². The lowest BCUT2D eigenvalue weighted by molar-refractivity contribution is -0.835. The molecule has 0 fully saturated rings. The summed E-state index contributed by atoms with van der Waals surface area (Å²) in [6.07, 6.45) is 11.4. The summed E-state index contributed by atoms with van der Waals surface area (Å²) in [5, 5.41) is 8.74. The summed E-state index contributed by atoms with van der Waals surface area (Å²) in [4.78, 5) is 0. The number of benzene rings is 4. The molecule has 1 heterocycles. The van der Waals surface area contributed by atoms with E-state index in [1.807, 2.05) is 0 Å². The molecule has 1 aliphatic heterocycles. The summed E-state index contributed by atoms with van der Waals surface area (Å²) in [6, 6.07) is 29.3. The average Bonchev–Trinajstić information content (AvgIpc) is 3.31. The van der Waals surface area contributed by atoms with Gasteiger partial charge in [0.15, 0.2) is 5.69 Å². The molecule has 0 amide bonds. The number of hydrogen-bond donors (Lipinski definition) is 2. The van der Waals surface area contributed by atoms with Crippen LogP contribution in [-0.2, 0) is 12.0 Å². The molecule has 4 heteroatoms. The third-order valence-electron chi connectivity index (χ3n) is 7.88. The highest BCUT2D eigenvalue weighted by Crippen LogP contribution is 2.26. The zero-order chi connectivity index (χ0) is 26.5. The van der Waals surface area contributed by atoms with E-state index in [0.717, 1.165) is 13.0 Å². The second-order valence-electron chi connectivity index (χ2n) is 12.0. The molecule has 0 spiro atoms. The summed E-state index contributed by atoms with van der Waals surface area (Å²) >= 11 is 0. The van der Waals surface area contributed by atoms with Gasteiger partial charge in [-0.05, 0) is 69.1 Å². The summed E-state index contributed by atoms with van der Waals surface area (Å²) < 4.78 is 0. The zero-order valence-corrected chi connectivity index (χ0v) is 25.7. The van der Waals surface area contributed by atoms with Gasteiger partial charge in [0.1, 0.15) is 6.20 Å². The molecule has 206 valence electrons. The van der Waals surface area contributed by atoms with E-state index in [0.29, 0.717) is 0 Å². The molecule has 39 heavy (non-hydrogen) atoms. The summed E-state index contributed by atoms with van der Waals surface area (Å²) in [5.41, 5.74) is 9.32. The van der Waals surface area contributed by atoms with E-state index in [4.69, 9.17) is 0 Å². The fourth-order valence-corrected chi connectivity index (χ4v) is 5.48. The van der Waals surface area contributed by atoms with E-state index in [1.54, 1.807) is 0 Å². The van der Waals surface area contributed by atoms with Crippen molar-refractivity contribution in [1.82, 2.24) is 10.5 Å². The van der Waals surface area contributed by atoms with E-state index in [2.05, 4.69) is 123 Å². The highest BCUT2D eigenvalue weighted by molar-refractivity contribution is 5.98. The van der Waals surface area contributed by atoms with Gasteiger partial charge in [-0.1, -0.05) is 114 Å². The highest BCUT2D eigenvalue weighted by atomic mass is 79.9. The lowest BCUT2D eigenvalue weighted by atomic mass is 9.87. The molecule has 0 aromatic heterocycles. The maximum atomic E-state index is 3.77. The van der Waals surface area contributed by atoms with Crippen LogP contribution in [0.3, 0.4) is 0 Å². The SMILES string of the molecule is CCCCCCCCC1=C[NH+](c2ccc3cc4ccccc4cc3c2)NN1Cc1ccc(C(C)(C)C)cc1.[Br-]. The van der Waals surface area contributed by atoms with Crippen molar-refractivity contribution in [3.63, 3.8) is 0 Å². The summed E-state index contributed by atoms with van der Waals surface area (Å²) in [7, 11) is 0. The Morgan fingerprint density at radius 2 is 1.36 bits per heavy atom. The number of rotatable bonds is 10. The number of allylic oxidation sites excluding steroid dienone is 1. The number of unbranched alkanes of at least 4 members (excludes halogenated alkanes) is 5. The van der Waals surface area contributed by atoms with Gasteiger partial charge in [0.25, 0.3) is 0 Å². The third kappa shape index (κ3) is 7.30. The molecule has 4 aromatic carbocycles. The van der Waals surface area contributed by atoms with Gasteiger partial charge in [-0.2, -0.15) is 5.01 Å². The van der Waals surface area contributed by atoms with Crippen molar-refractivity contribution in [1.29, 1.82) is 0 Å². The van der Waals surface area contributed by atoms with Crippen LogP contribution in [0.1, 0.15) is 83.8 Å². The van der Waals surface area contributed by atoms with E-state index >= 15 is 0 Å². The summed E-state index contributed by atoms with van der Waals surface area (Å²) in [6.45, 7) is 9.98. The Morgan fingerprint density at radius 1 is 0.718 bits per heavy atom. The molecule has 1 unspecified atom stereocenters. The second-order valence-corrected chi connectivity index (χ2v) is 12.0. The number of fused-ring (bicyclic) bond motifs is 2. The van der Waals surface area contributed by atoms with Crippen LogP contribution in [0.4, 0.5) is 5.69 Å². The molecule has 3 nitrogen and oxygen atoms in total. The van der Waals surface area contributed by atoms with E-state index < -0.39 is 0 Å². The standard InChI is InChI=1S/C35H43N3.BrH/c1-5-6-7-8-9-10-15-34-26-38(36-37(34)25-27-16-19-32(20-17-27)35(2,3)4)33-21-18-30-22-28-13-11-12-14-29(28)23-31(30)24-33;/h11-14,16-24,26,36H,5-10,15,25H2,1-4H3;1H. The zero-order valence-electron chi connectivity index (χ0n) is 24.1. The highest BCUT2D eigenvalue weighted by Gasteiger charge is 2.27. The molecule has 0 bridgehead atoms. The molecule has 5 rings (SSSR count). The van der Waals surface area contributed by atoms with E-state index in [-0.39, 0.29) is 22.4 Å². The minimum absolute atomic E-state index is 0. The van der Waals surface area contributed by atoms with Gasteiger partial charge in [0, 0.05) is 12.1 Å². The van der Waals surface area contributed by atoms with Crippen LogP contribution < -0.4 is 27.5 Å². The molecular formula is C35H44BrN3. The topological polar surface area (TPSA) is 19.7 Å². The molecule has 0 saturated carbocycles. The minimum atomic E-state index is 0. The number of hydrogen-bond acceptors (Lipinski definition) is 2. The van der Waals surface area contributed by atoms with Gasteiger partial charge in [-0.15, -0.1) is 0 Å². The van der Waals surface area contributed by atoms with Crippen LogP contribution in [0.2, 0.25) is 0 Å². The Labute approximate surface area is 245 Å². The van der Waals surface area contributed by atoms with Gasteiger partial charge in [0.2, 0.25) is 0 Å². The van der Waals surface area contributed by atoms with E-state index in [9.17, 15) is 0 Å². The lowest BCUT2D eigenvalue weighted by Gasteiger charge is -2.23. The van der Waals surface area contributed by atoms with Crippen molar-refractivity contribution < 1.29 is 22.0 Å². The normalized spacial score (nSPS) is 15.5. The first-order valence-electron chi connectivity index (χ1n) is 14.5. The molecule has 4 aromatic rings. The molecular weight excluding hydrogens is 542 g/mol. The van der Waals surface area contributed by atoms with Gasteiger partial charge >= 0.3 is 0 Å². The number of nitrogens with one attached hydrogen (secondary N) is 2. The molecule has 2 N–H and O–H groups in total. The predicted octanol–water partition coefficient (Wildman–Crippen LogP) is 5.34. The quantitative estimate of drug-likeness (QED) is 0.193. The first-order valence-corrected chi connectivity index (χ1v) is 14.5. The van der Waals surface area contributed by atoms with Crippen LogP contribution in [0, 0.1) is 0 Å². The maximum Gasteiger partial charge on any atom is 0.157 e. The fraction of sp³-hybridized carbons (Fsp3) is 0.371. The molecule has 1 aliphatic rings. The third-order valence-corrected chi connectivity index (χ3v) is 7.88. The molecule has 0 saturated heterocycles. The van der Waals surface area contributed by atoms with Gasteiger partial charge in [-0.25, -0.2) is 0 Å². The Bertz CT molecular complexity index is 1400. The first-order chi connectivity index (χ1) is 18.4. The van der Waals surface area contributed by atoms with Crippen molar-refractivity contribution in [2.45, 2.75) is 84.6 Å². The Hall–Kier alpha value is -2.66. The number of quaternary nitrogens is 1. The van der Waals surface area contributed by atoms with Gasteiger partial charge < -0.3 is 17.0 Å². The van der Waals surface area contributed by atoms with Crippen LogP contribution in [0.25, 0.3) is 21.5 Å². The lowest BCUT2D eigenvalue weighted by Crippen LogP contribution is -3.09. The average molecular weight is 587 g/mol. The molecule has 0 aliphatic carbocycles. The Morgan fingerprint density at radius 3 is 2.05 bits per heavy atom. The predicted molar refractivity (Wildman–Crippen MR) is 162 cm³/mol. The van der Waals surface area contributed by atoms with Gasteiger partial charge in [0.05, 0.1) is 12.2 Å². The molecule has 0 radical (unpaired) electrons. The van der Waals surface area contributed by atoms with Crippen molar-refractivity contribution >= 4 is 27.2 Å². The van der Waals surface area contributed by atoms with Crippen LogP contribution in [0.15, 0.2) is 90.8 Å². The number of hydrazine groups is 1. The van der Waals surface area contributed by atoms with Crippen molar-refractivity contribution in [3.05, 3.63) is 102 Å². The fourth-order valence-electron chi connectivity index (χ4n) is 5.48. The van der Waals surface area contributed by atoms with Gasteiger partial charge in [-0.3, -0.25) is 5.01 Å². The monoisotopic (exact) mass is 585 g/mol. The van der Waals surface area contributed by atoms with Crippen molar-refractivity contribution in [2.75, 3.05) is 0 Å². The largest absolute Gasteiger partial charge is 1.00 e. The summed E-state index contributed by atoms with van der Waals surface area (Å²) in [5.74, 6) is 0. The Kier molecular flexibility index (Phi) is 9.87. The smallest absolute Gasteiger partial charge is 0.157 e. The van der Waals surface area contributed by atoms with Crippen molar-refractivity contribution in [3.8, 4) is 0 Å². The minimum Gasteiger partial charge on any atom is -1.00 e.